The van der Waals surface area contributed by atoms with Crippen LogP contribution >= 0.6 is 0 Å². The summed E-state index contributed by atoms with van der Waals surface area (Å²) in [6.45, 7) is 2.03. The number of pyridine rings is 1. The summed E-state index contributed by atoms with van der Waals surface area (Å²) in [5, 5.41) is 3.85. The van der Waals surface area contributed by atoms with Gasteiger partial charge in [-0.05, 0) is 29.8 Å². The zero-order valence-corrected chi connectivity index (χ0v) is 21.1. The van der Waals surface area contributed by atoms with E-state index in [1.807, 2.05) is 42.6 Å². The number of benzene rings is 2. The van der Waals surface area contributed by atoms with Crippen molar-refractivity contribution < 1.29 is 19.1 Å². The summed E-state index contributed by atoms with van der Waals surface area (Å²) in [5.74, 6) is 0.567. The molecule has 9 heteroatoms. The highest BCUT2D eigenvalue weighted by atomic mass is 16.5. The minimum Gasteiger partial charge on any atom is -0.496 e. The molecule has 37 heavy (non-hydrogen) atoms. The fourth-order valence-corrected chi connectivity index (χ4v) is 4.46. The minimum atomic E-state index is -0.249. The number of ether oxygens (including phenoxy) is 2. The maximum atomic E-state index is 13.1. The van der Waals surface area contributed by atoms with Crippen LogP contribution < -0.4 is 10.1 Å². The molecular formula is C28H29N5O4. The number of urea groups is 1. The Hall–Kier alpha value is -4.37. The topological polar surface area (TPSA) is 99.8 Å². The van der Waals surface area contributed by atoms with Crippen LogP contribution in [0.15, 0.2) is 60.9 Å². The highest BCUT2D eigenvalue weighted by molar-refractivity contribution is 6.05. The lowest BCUT2D eigenvalue weighted by Gasteiger charge is -2.27. The van der Waals surface area contributed by atoms with E-state index in [9.17, 15) is 9.59 Å². The molecule has 9 nitrogen and oxygen atoms in total. The Bertz CT molecular complexity index is 1460. The van der Waals surface area contributed by atoms with Crippen LogP contribution in [-0.2, 0) is 4.74 Å². The van der Waals surface area contributed by atoms with E-state index in [1.165, 1.54) is 4.90 Å². The molecule has 1 fully saturated rings. The molecule has 0 atom stereocenters. The van der Waals surface area contributed by atoms with E-state index in [1.54, 1.807) is 44.4 Å². The summed E-state index contributed by atoms with van der Waals surface area (Å²) in [6, 6.07) is 15.1. The number of hydrogen-bond acceptors (Lipinski definition) is 5. The SMILES string of the molecule is COc1ccccc1-c1c[nH]c2ncc(-c3ccc(NC(=O)N4CCOCC4)c(C(=O)N(C)C)c3)cc12. The molecule has 1 aliphatic heterocycles. The Morgan fingerprint density at radius 3 is 2.59 bits per heavy atom. The summed E-state index contributed by atoms with van der Waals surface area (Å²) in [5.41, 5.74) is 5.22. The van der Waals surface area contributed by atoms with E-state index in [0.29, 0.717) is 37.6 Å². The third-order valence-corrected chi connectivity index (χ3v) is 6.46. The van der Waals surface area contributed by atoms with Crippen molar-refractivity contribution in [3.8, 4) is 28.0 Å². The number of hydrogen-bond donors (Lipinski definition) is 2. The highest BCUT2D eigenvalue weighted by Gasteiger charge is 2.21. The maximum Gasteiger partial charge on any atom is 0.322 e. The standard InChI is InChI=1S/C28H29N5O4/c1-32(2)27(34)22-14-18(8-9-24(22)31-28(35)33-10-12-37-13-11-33)19-15-21-23(17-30-26(21)29-16-19)20-6-4-5-7-25(20)36-3/h4-9,14-17H,10-13H2,1-3H3,(H,29,30)(H,31,35). The van der Waals surface area contributed by atoms with Gasteiger partial charge in [0.2, 0.25) is 0 Å². The number of nitrogens with one attached hydrogen (secondary N) is 2. The van der Waals surface area contributed by atoms with Gasteiger partial charge in [-0.15, -0.1) is 0 Å². The minimum absolute atomic E-state index is 0.204. The predicted octanol–water partition coefficient (Wildman–Crippen LogP) is 4.47. The fraction of sp³-hybridized carbons (Fsp3) is 0.250. The molecule has 0 spiro atoms. The number of rotatable bonds is 5. The number of carbonyl (C=O) groups excluding carboxylic acids is 2. The van der Waals surface area contributed by atoms with Crippen molar-refractivity contribution in [2.45, 2.75) is 0 Å². The van der Waals surface area contributed by atoms with Gasteiger partial charge in [0.15, 0.2) is 0 Å². The summed E-state index contributed by atoms with van der Waals surface area (Å²) in [6.07, 6.45) is 3.70. The zero-order valence-electron chi connectivity index (χ0n) is 21.1. The monoisotopic (exact) mass is 499 g/mol. The number of amides is 3. The summed E-state index contributed by atoms with van der Waals surface area (Å²) >= 11 is 0. The number of carbonyl (C=O) groups is 2. The van der Waals surface area contributed by atoms with E-state index >= 15 is 0 Å². The number of methoxy groups -OCH3 is 1. The largest absolute Gasteiger partial charge is 0.496 e. The van der Waals surface area contributed by atoms with Gasteiger partial charge in [-0.1, -0.05) is 24.3 Å². The molecule has 5 rings (SSSR count). The van der Waals surface area contributed by atoms with Gasteiger partial charge in [0, 0.05) is 61.7 Å². The molecule has 2 aromatic carbocycles. The van der Waals surface area contributed by atoms with Crippen LogP contribution in [0.2, 0.25) is 0 Å². The van der Waals surface area contributed by atoms with Gasteiger partial charge in [-0.3, -0.25) is 4.79 Å². The molecule has 3 amide bonds. The van der Waals surface area contributed by atoms with Crippen LogP contribution in [0.3, 0.4) is 0 Å². The second kappa shape index (κ2) is 10.3. The number of nitrogens with zero attached hydrogens (tertiary/aromatic N) is 3. The molecule has 0 unspecified atom stereocenters. The van der Waals surface area contributed by atoms with E-state index < -0.39 is 0 Å². The smallest absolute Gasteiger partial charge is 0.322 e. The molecule has 3 heterocycles. The normalized spacial score (nSPS) is 13.4. The van der Waals surface area contributed by atoms with E-state index in [2.05, 4.69) is 15.3 Å². The summed E-state index contributed by atoms with van der Waals surface area (Å²) < 4.78 is 10.9. The lowest BCUT2D eigenvalue weighted by molar-refractivity contribution is 0.0564. The molecule has 2 aromatic heterocycles. The number of fused-ring (bicyclic) bond motifs is 1. The number of H-pyrrole nitrogens is 1. The molecule has 4 aromatic rings. The van der Waals surface area contributed by atoms with Crippen molar-refractivity contribution in [2.24, 2.45) is 0 Å². The lowest BCUT2D eigenvalue weighted by Crippen LogP contribution is -2.43. The van der Waals surface area contributed by atoms with Crippen molar-refractivity contribution in [3.63, 3.8) is 0 Å². The second-order valence-electron chi connectivity index (χ2n) is 9.01. The summed E-state index contributed by atoms with van der Waals surface area (Å²) in [7, 11) is 5.03. The van der Waals surface area contributed by atoms with Crippen molar-refractivity contribution >= 4 is 28.7 Å². The van der Waals surface area contributed by atoms with E-state index in [0.717, 1.165) is 39.0 Å². The second-order valence-corrected chi connectivity index (χ2v) is 9.01. The molecule has 0 radical (unpaired) electrons. The molecule has 1 saturated heterocycles. The van der Waals surface area contributed by atoms with E-state index in [4.69, 9.17) is 9.47 Å². The molecular weight excluding hydrogens is 470 g/mol. The Labute approximate surface area is 215 Å². The van der Waals surface area contributed by atoms with Gasteiger partial charge in [0.1, 0.15) is 11.4 Å². The lowest BCUT2D eigenvalue weighted by atomic mass is 9.99. The number of morpholine rings is 1. The van der Waals surface area contributed by atoms with Gasteiger partial charge in [0.25, 0.3) is 5.91 Å². The summed E-state index contributed by atoms with van der Waals surface area (Å²) in [4.78, 5) is 37.0. The predicted molar refractivity (Wildman–Crippen MR) is 143 cm³/mol. The Balaban J connectivity index is 1.53. The van der Waals surface area contributed by atoms with Crippen LogP contribution in [-0.4, -0.2) is 79.2 Å². The average Bonchev–Trinajstić information content (AvgIpc) is 3.36. The molecule has 1 aliphatic rings. The first-order valence-corrected chi connectivity index (χ1v) is 12.1. The van der Waals surface area contributed by atoms with Gasteiger partial charge >= 0.3 is 6.03 Å². The maximum absolute atomic E-state index is 13.1. The molecule has 0 aliphatic carbocycles. The van der Waals surface area contributed by atoms with Crippen molar-refractivity contribution in [1.29, 1.82) is 0 Å². The van der Waals surface area contributed by atoms with Gasteiger partial charge < -0.3 is 29.6 Å². The van der Waals surface area contributed by atoms with Crippen LogP contribution in [0.25, 0.3) is 33.3 Å². The number of aromatic amines is 1. The molecule has 0 saturated carbocycles. The van der Waals surface area contributed by atoms with E-state index in [-0.39, 0.29) is 11.9 Å². The highest BCUT2D eigenvalue weighted by Crippen LogP contribution is 2.36. The third kappa shape index (κ3) is 4.85. The first-order chi connectivity index (χ1) is 18.0. The van der Waals surface area contributed by atoms with Crippen molar-refractivity contribution in [2.75, 3.05) is 52.8 Å². The third-order valence-electron chi connectivity index (χ3n) is 6.46. The first kappa shape index (κ1) is 24.3. The Morgan fingerprint density at radius 2 is 1.84 bits per heavy atom. The van der Waals surface area contributed by atoms with Gasteiger partial charge in [-0.25, -0.2) is 9.78 Å². The van der Waals surface area contributed by atoms with Crippen LogP contribution in [0.4, 0.5) is 10.5 Å². The van der Waals surface area contributed by atoms with Gasteiger partial charge in [0.05, 0.1) is 31.6 Å². The van der Waals surface area contributed by atoms with Crippen LogP contribution in [0, 0.1) is 0 Å². The average molecular weight is 500 g/mol. The van der Waals surface area contributed by atoms with Crippen molar-refractivity contribution in [1.82, 2.24) is 19.8 Å². The van der Waals surface area contributed by atoms with Crippen molar-refractivity contribution in [3.05, 3.63) is 66.5 Å². The van der Waals surface area contributed by atoms with Crippen LogP contribution in [0.5, 0.6) is 5.75 Å². The van der Waals surface area contributed by atoms with Crippen LogP contribution in [0.1, 0.15) is 10.4 Å². The molecule has 190 valence electrons. The van der Waals surface area contributed by atoms with Gasteiger partial charge in [-0.2, -0.15) is 0 Å². The first-order valence-electron chi connectivity index (χ1n) is 12.1. The Kier molecular flexibility index (Phi) is 6.78. The molecule has 2 N–H and O–H groups in total. The number of anilines is 1. The molecule has 0 bridgehead atoms. The number of aromatic nitrogens is 2. The Morgan fingerprint density at radius 1 is 1.05 bits per heavy atom. The fourth-order valence-electron chi connectivity index (χ4n) is 4.46. The number of para-hydroxylation sites is 1. The quantitative estimate of drug-likeness (QED) is 0.422. The zero-order chi connectivity index (χ0) is 25.9.